The molecular formula is C33H48S2Si. The highest BCUT2D eigenvalue weighted by Crippen LogP contribution is 2.42. The lowest BCUT2D eigenvalue weighted by Crippen LogP contribution is -2.65. The van der Waals surface area contributed by atoms with Gasteiger partial charge in [-0.1, -0.05) is 109 Å². The second-order valence-electron chi connectivity index (χ2n) is 11.3. The normalized spacial score (nSPS) is 14.7. The van der Waals surface area contributed by atoms with Gasteiger partial charge in [-0.25, -0.2) is 0 Å². The van der Waals surface area contributed by atoms with Crippen molar-refractivity contribution in [2.45, 2.75) is 118 Å². The molecule has 0 saturated heterocycles. The molecule has 0 nitrogen and oxygen atoms in total. The Bertz CT molecular complexity index is 1040. The van der Waals surface area contributed by atoms with Crippen LogP contribution < -0.4 is 15.6 Å². The predicted molar refractivity (Wildman–Crippen MR) is 168 cm³/mol. The minimum atomic E-state index is -2.03. The summed E-state index contributed by atoms with van der Waals surface area (Å²) in [4.78, 5) is 6.25. The second-order valence-corrected chi connectivity index (χ2v) is 17.7. The van der Waals surface area contributed by atoms with Crippen molar-refractivity contribution in [3.63, 3.8) is 0 Å². The molecule has 0 radical (unpaired) electrons. The van der Waals surface area contributed by atoms with Gasteiger partial charge >= 0.3 is 0 Å². The molecule has 0 spiro atoms. The highest BCUT2D eigenvalue weighted by Gasteiger charge is 2.50. The van der Waals surface area contributed by atoms with E-state index in [1.165, 1.54) is 98.4 Å². The summed E-state index contributed by atoms with van der Waals surface area (Å²) >= 11 is 4.12. The van der Waals surface area contributed by atoms with E-state index in [1.54, 1.807) is 25.3 Å². The van der Waals surface area contributed by atoms with Crippen LogP contribution in [0.5, 0.6) is 0 Å². The van der Waals surface area contributed by atoms with E-state index < -0.39 is 8.07 Å². The summed E-state index contributed by atoms with van der Waals surface area (Å²) in [6.45, 7) is 11.7. The zero-order valence-corrected chi connectivity index (χ0v) is 26.2. The Morgan fingerprint density at radius 2 is 1.22 bits per heavy atom. The number of unbranched alkanes of at least 4 members (excludes halogenated alkanes) is 6. The van der Waals surface area contributed by atoms with Crippen molar-refractivity contribution >= 4 is 46.3 Å². The second kappa shape index (κ2) is 13.1. The van der Waals surface area contributed by atoms with Crippen LogP contribution in [0.4, 0.5) is 0 Å². The summed E-state index contributed by atoms with van der Waals surface area (Å²) < 4.78 is 0. The van der Waals surface area contributed by atoms with Crippen molar-refractivity contribution in [1.29, 1.82) is 0 Å². The molecule has 1 atom stereocenters. The van der Waals surface area contributed by atoms with Gasteiger partial charge in [0.25, 0.3) is 0 Å². The van der Waals surface area contributed by atoms with E-state index >= 15 is 0 Å². The van der Waals surface area contributed by atoms with Gasteiger partial charge in [0.1, 0.15) is 0 Å². The third-order valence-electron chi connectivity index (χ3n) is 8.38. The maximum Gasteiger partial charge on any atom is 0.152 e. The van der Waals surface area contributed by atoms with Crippen molar-refractivity contribution in [3.8, 4) is 9.75 Å². The first kappa shape index (κ1) is 27.9. The Morgan fingerprint density at radius 1 is 0.667 bits per heavy atom. The van der Waals surface area contributed by atoms with E-state index in [-0.39, 0.29) is 0 Å². The van der Waals surface area contributed by atoms with Crippen LogP contribution in [-0.2, 0) is 6.42 Å². The van der Waals surface area contributed by atoms with E-state index in [4.69, 9.17) is 0 Å². The number of hydrogen-bond donors (Lipinski definition) is 0. The third-order valence-corrected chi connectivity index (χ3v) is 16.1. The topological polar surface area (TPSA) is 0 Å². The quantitative estimate of drug-likeness (QED) is 0.134. The average molecular weight is 537 g/mol. The lowest BCUT2D eigenvalue weighted by atomic mass is 9.97. The summed E-state index contributed by atoms with van der Waals surface area (Å²) in [6, 6.07) is 16.7. The van der Waals surface area contributed by atoms with Crippen molar-refractivity contribution in [2.75, 3.05) is 0 Å². The minimum absolute atomic E-state index is 0.844. The van der Waals surface area contributed by atoms with E-state index in [1.807, 2.05) is 0 Å². The van der Waals surface area contributed by atoms with Crippen LogP contribution in [0.1, 0.15) is 107 Å². The number of thiophene rings is 2. The molecule has 3 heterocycles. The van der Waals surface area contributed by atoms with Crippen LogP contribution >= 0.6 is 22.7 Å². The van der Waals surface area contributed by atoms with Gasteiger partial charge in [-0.05, 0) is 71.9 Å². The fraction of sp³-hybridized carbons (Fsp3) is 0.576. The van der Waals surface area contributed by atoms with Crippen LogP contribution in [0, 0.1) is 19.8 Å². The Labute approximate surface area is 230 Å². The molecule has 2 aromatic heterocycles. The van der Waals surface area contributed by atoms with Crippen LogP contribution in [0.15, 0.2) is 36.4 Å². The standard InChI is InChI=1S/C33H48S2Si/c1-6-9-12-14-17-28(15-11-8-3)24-36(29-20-18-27(19-21-29)16-13-10-7-2)30-22-25(4)34-32(30)33-31(36)23-26(5)35-33/h18-23,28H,6-17,24H2,1-5H3. The molecule has 0 N–H and O–H groups in total. The summed E-state index contributed by atoms with van der Waals surface area (Å²) in [7, 11) is -2.03. The molecule has 36 heavy (non-hydrogen) atoms. The molecule has 196 valence electrons. The van der Waals surface area contributed by atoms with Crippen molar-refractivity contribution < 1.29 is 0 Å². The lowest BCUT2D eigenvalue weighted by molar-refractivity contribution is 0.442. The lowest BCUT2D eigenvalue weighted by Gasteiger charge is -2.34. The monoisotopic (exact) mass is 536 g/mol. The van der Waals surface area contributed by atoms with Crippen molar-refractivity contribution in [2.24, 2.45) is 5.92 Å². The maximum absolute atomic E-state index is 2.61. The molecule has 1 aromatic carbocycles. The van der Waals surface area contributed by atoms with E-state index in [0.29, 0.717) is 0 Å². The molecule has 0 amide bonds. The fourth-order valence-electron chi connectivity index (χ4n) is 6.46. The van der Waals surface area contributed by atoms with Crippen molar-refractivity contribution in [1.82, 2.24) is 0 Å². The fourth-order valence-corrected chi connectivity index (χ4v) is 15.7. The molecule has 1 unspecified atom stereocenters. The first-order valence-corrected chi connectivity index (χ1v) is 18.7. The summed E-state index contributed by atoms with van der Waals surface area (Å²) in [5, 5.41) is 5.17. The summed E-state index contributed by atoms with van der Waals surface area (Å²) in [6.07, 6.45) is 16.2. The van der Waals surface area contributed by atoms with E-state index in [2.05, 4.69) is 93.7 Å². The highest BCUT2D eigenvalue weighted by molar-refractivity contribution is 7.31. The summed E-state index contributed by atoms with van der Waals surface area (Å²) in [5.74, 6) is 0.844. The van der Waals surface area contributed by atoms with Gasteiger partial charge in [0, 0.05) is 19.5 Å². The van der Waals surface area contributed by atoms with Gasteiger partial charge in [-0.2, -0.15) is 0 Å². The van der Waals surface area contributed by atoms with Gasteiger partial charge in [0.2, 0.25) is 0 Å². The Balaban J connectivity index is 1.75. The Hall–Kier alpha value is -1.16. The molecule has 4 rings (SSSR count). The molecule has 0 bridgehead atoms. The van der Waals surface area contributed by atoms with Gasteiger partial charge in [-0.15, -0.1) is 22.7 Å². The molecule has 3 heteroatoms. The first-order chi connectivity index (χ1) is 17.5. The van der Waals surface area contributed by atoms with Crippen LogP contribution in [0.2, 0.25) is 6.04 Å². The molecule has 0 saturated carbocycles. The van der Waals surface area contributed by atoms with Gasteiger partial charge in [-0.3, -0.25) is 0 Å². The molecule has 0 fully saturated rings. The summed E-state index contributed by atoms with van der Waals surface area (Å²) in [5.41, 5.74) is 1.53. The third kappa shape index (κ3) is 5.94. The molecule has 1 aliphatic heterocycles. The van der Waals surface area contributed by atoms with E-state index in [9.17, 15) is 0 Å². The van der Waals surface area contributed by atoms with Crippen LogP contribution in [0.3, 0.4) is 0 Å². The molecule has 3 aromatic rings. The van der Waals surface area contributed by atoms with E-state index in [0.717, 1.165) is 5.92 Å². The predicted octanol–water partition coefficient (Wildman–Crippen LogP) is 9.39. The Kier molecular flexibility index (Phi) is 10.1. The zero-order chi connectivity index (χ0) is 25.5. The SMILES string of the molecule is CCCCCCC(CCCC)C[Si]1(c2ccc(CCCCC)cc2)c2cc(C)sc2-c2sc(C)cc21. The Morgan fingerprint density at radius 3 is 1.81 bits per heavy atom. The van der Waals surface area contributed by atoms with Crippen LogP contribution in [0.25, 0.3) is 9.75 Å². The smallest absolute Gasteiger partial charge is 0.140 e. The number of hydrogen-bond acceptors (Lipinski definition) is 2. The van der Waals surface area contributed by atoms with Gasteiger partial charge in [0.05, 0.1) is 0 Å². The first-order valence-electron chi connectivity index (χ1n) is 14.8. The highest BCUT2D eigenvalue weighted by atomic mass is 32.1. The number of fused-ring (bicyclic) bond motifs is 3. The number of rotatable bonds is 15. The average Bonchev–Trinajstić information content (AvgIpc) is 3.51. The largest absolute Gasteiger partial charge is 0.152 e. The molecule has 0 aliphatic carbocycles. The molecular weight excluding hydrogens is 489 g/mol. The number of aryl methyl sites for hydroxylation is 3. The van der Waals surface area contributed by atoms with Gasteiger partial charge < -0.3 is 0 Å². The minimum Gasteiger partial charge on any atom is -0.140 e. The van der Waals surface area contributed by atoms with Crippen molar-refractivity contribution in [3.05, 3.63) is 51.7 Å². The van der Waals surface area contributed by atoms with Crippen LogP contribution in [-0.4, -0.2) is 8.07 Å². The maximum atomic E-state index is 2.61. The van der Waals surface area contributed by atoms with Gasteiger partial charge in [0.15, 0.2) is 8.07 Å². The molecule has 1 aliphatic rings. The number of benzene rings is 1. The zero-order valence-electron chi connectivity index (χ0n) is 23.6.